The molecule has 0 radical (unpaired) electrons. The summed E-state index contributed by atoms with van der Waals surface area (Å²) < 4.78 is 12.4. The SMILES string of the molecule is CCC(C)(C)CC(C)F. The first-order chi connectivity index (χ1) is 3.98. The van der Waals surface area contributed by atoms with Crippen LogP contribution in [0.1, 0.15) is 40.5 Å². The second kappa shape index (κ2) is 3.19. The highest BCUT2D eigenvalue weighted by Gasteiger charge is 2.17. The van der Waals surface area contributed by atoms with E-state index in [1.165, 1.54) is 0 Å². The molecule has 0 aromatic carbocycles. The summed E-state index contributed by atoms with van der Waals surface area (Å²) in [6, 6.07) is 0. The van der Waals surface area contributed by atoms with Crippen molar-refractivity contribution < 1.29 is 4.39 Å². The summed E-state index contributed by atoms with van der Waals surface area (Å²) in [5, 5.41) is 0. The number of rotatable bonds is 3. The minimum absolute atomic E-state index is 0.189. The fourth-order valence-corrected chi connectivity index (χ4v) is 0.906. The average molecular weight is 132 g/mol. The molecule has 0 aliphatic carbocycles. The largest absolute Gasteiger partial charge is 0.248 e. The van der Waals surface area contributed by atoms with Crippen molar-refractivity contribution in [1.29, 1.82) is 0 Å². The van der Waals surface area contributed by atoms with Gasteiger partial charge in [-0.3, -0.25) is 0 Å². The lowest BCUT2D eigenvalue weighted by molar-refractivity contribution is 0.217. The summed E-state index contributed by atoms with van der Waals surface area (Å²) in [6.45, 7) is 7.92. The van der Waals surface area contributed by atoms with E-state index in [1.54, 1.807) is 6.92 Å². The Labute approximate surface area is 57.5 Å². The van der Waals surface area contributed by atoms with Gasteiger partial charge in [0.15, 0.2) is 0 Å². The average Bonchev–Trinajstić information content (AvgIpc) is 1.63. The molecule has 0 N–H and O–H groups in total. The van der Waals surface area contributed by atoms with E-state index in [0.717, 1.165) is 6.42 Å². The molecule has 1 heteroatoms. The van der Waals surface area contributed by atoms with Gasteiger partial charge in [-0.05, 0) is 18.8 Å². The second-order valence-corrected chi connectivity index (χ2v) is 3.50. The molecule has 56 valence electrons. The molecule has 0 saturated carbocycles. The fourth-order valence-electron chi connectivity index (χ4n) is 0.906. The van der Waals surface area contributed by atoms with E-state index in [1.807, 2.05) is 0 Å². The normalized spacial score (nSPS) is 15.7. The number of halogens is 1. The van der Waals surface area contributed by atoms with Crippen LogP contribution in [0, 0.1) is 5.41 Å². The van der Waals surface area contributed by atoms with Crippen LogP contribution in [-0.2, 0) is 0 Å². The number of hydrogen-bond acceptors (Lipinski definition) is 0. The van der Waals surface area contributed by atoms with Gasteiger partial charge in [-0.15, -0.1) is 0 Å². The van der Waals surface area contributed by atoms with Crippen LogP contribution in [0.5, 0.6) is 0 Å². The van der Waals surface area contributed by atoms with Gasteiger partial charge in [0.1, 0.15) is 0 Å². The van der Waals surface area contributed by atoms with E-state index in [2.05, 4.69) is 20.8 Å². The zero-order valence-corrected chi connectivity index (χ0v) is 6.87. The smallest absolute Gasteiger partial charge is 0.0978 e. The highest BCUT2D eigenvalue weighted by Crippen LogP contribution is 2.26. The molecule has 0 bridgehead atoms. The van der Waals surface area contributed by atoms with Gasteiger partial charge in [0.2, 0.25) is 0 Å². The lowest BCUT2D eigenvalue weighted by atomic mass is 9.85. The van der Waals surface area contributed by atoms with Crippen molar-refractivity contribution in [2.45, 2.75) is 46.7 Å². The first-order valence-corrected chi connectivity index (χ1v) is 3.62. The third-order valence-electron chi connectivity index (χ3n) is 1.79. The Morgan fingerprint density at radius 3 is 2.00 bits per heavy atom. The van der Waals surface area contributed by atoms with Crippen LogP contribution in [0.15, 0.2) is 0 Å². The molecule has 0 amide bonds. The maximum atomic E-state index is 12.4. The van der Waals surface area contributed by atoms with Gasteiger partial charge < -0.3 is 0 Å². The lowest BCUT2D eigenvalue weighted by Crippen LogP contribution is -2.14. The minimum Gasteiger partial charge on any atom is -0.248 e. The lowest BCUT2D eigenvalue weighted by Gasteiger charge is -2.22. The van der Waals surface area contributed by atoms with E-state index >= 15 is 0 Å². The predicted octanol–water partition coefficient (Wildman–Crippen LogP) is 3.17. The van der Waals surface area contributed by atoms with Crippen LogP contribution in [0.3, 0.4) is 0 Å². The van der Waals surface area contributed by atoms with Gasteiger partial charge >= 0.3 is 0 Å². The van der Waals surface area contributed by atoms with Crippen molar-refractivity contribution in [2.75, 3.05) is 0 Å². The van der Waals surface area contributed by atoms with Crippen LogP contribution in [-0.4, -0.2) is 6.17 Å². The molecule has 0 rings (SSSR count). The zero-order valence-electron chi connectivity index (χ0n) is 6.87. The van der Waals surface area contributed by atoms with Gasteiger partial charge in [-0.2, -0.15) is 0 Å². The molecule has 1 atom stereocenters. The van der Waals surface area contributed by atoms with Crippen LogP contribution in [0.4, 0.5) is 4.39 Å². The molecule has 0 heterocycles. The Hall–Kier alpha value is -0.0700. The van der Waals surface area contributed by atoms with Crippen molar-refractivity contribution in [3.05, 3.63) is 0 Å². The standard InChI is InChI=1S/C8H17F/c1-5-8(3,4)6-7(2)9/h7H,5-6H2,1-4H3. The Balaban J connectivity index is 3.58. The van der Waals surface area contributed by atoms with E-state index in [9.17, 15) is 4.39 Å². The molecule has 1 unspecified atom stereocenters. The van der Waals surface area contributed by atoms with Gasteiger partial charge in [0.05, 0.1) is 6.17 Å². The molecule has 0 aromatic rings. The van der Waals surface area contributed by atoms with Crippen molar-refractivity contribution in [2.24, 2.45) is 5.41 Å². The maximum Gasteiger partial charge on any atom is 0.0978 e. The molecular formula is C8H17F. The Morgan fingerprint density at radius 1 is 1.44 bits per heavy atom. The molecule has 0 aromatic heterocycles. The summed E-state index contributed by atoms with van der Waals surface area (Å²) in [5.41, 5.74) is 0.189. The maximum absolute atomic E-state index is 12.4. The Kier molecular flexibility index (Phi) is 3.16. The summed E-state index contributed by atoms with van der Waals surface area (Å²) in [7, 11) is 0. The monoisotopic (exact) mass is 132 g/mol. The minimum atomic E-state index is -0.653. The third-order valence-corrected chi connectivity index (χ3v) is 1.79. The van der Waals surface area contributed by atoms with E-state index in [-0.39, 0.29) is 5.41 Å². The van der Waals surface area contributed by atoms with Gasteiger partial charge in [0, 0.05) is 0 Å². The molecule has 0 aliphatic heterocycles. The van der Waals surface area contributed by atoms with Gasteiger partial charge in [-0.25, -0.2) is 4.39 Å². The molecule has 0 fully saturated rings. The van der Waals surface area contributed by atoms with Crippen molar-refractivity contribution in [3.8, 4) is 0 Å². The highest BCUT2D eigenvalue weighted by molar-refractivity contribution is 4.68. The van der Waals surface area contributed by atoms with E-state index < -0.39 is 6.17 Å². The predicted molar refractivity (Wildman–Crippen MR) is 39.3 cm³/mol. The first kappa shape index (κ1) is 8.93. The van der Waals surface area contributed by atoms with Crippen LogP contribution < -0.4 is 0 Å². The van der Waals surface area contributed by atoms with Crippen LogP contribution in [0.2, 0.25) is 0 Å². The molecule has 0 aliphatic rings. The summed E-state index contributed by atoms with van der Waals surface area (Å²) in [4.78, 5) is 0. The number of alkyl halides is 1. The summed E-state index contributed by atoms with van der Waals surface area (Å²) in [6.07, 6.45) is 1.09. The highest BCUT2D eigenvalue weighted by atomic mass is 19.1. The van der Waals surface area contributed by atoms with Crippen molar-refractivity contribution in [1.82, 2.24) is 0 Å². The molecule has 0 nitrogen and oxygen atoms in total. The van der Waals surface area contributed by atoms with Crippen LogP contribution in [0.25, 0.3) is 0 Å². The molecule has 0 saturated heterocycles. The van der Waals surface area contributed by atoms with Crippen molar-refractivity contribution >= 4 is 0 Å². The Bertz CT molecular complexity index is 74.6. The van der Waals surface area contributed by atoms with Crippen molar-refractivity contribution in [3.63, 3.8) is 0 Å². The summed E-state index contributed by atoms with van der Waals surface area (Å²) >= 11 is 0. The summed E-state index contributed by atoms with van der Waals surface area (Å²) in [5.74, 6) is 0. The fraction of sp³-hybridized carbons (Fsp3) is 1.00. The van der Waals surface area contributed by atoms with E-state index in [0.29, 0.717) is 6.42 Å². The molecular weight excluding hydrogens is 115 g/mol. The first-order valence-electron chi connectivity index (χ1n) is 3.62. The van der Waals surface area contributed by atoms with Gasteiger partial charge in [-0.1, -0.05) is 27.2 Å². The Morgan fingerprint density at radius 2 is 1.89 bits per heavy atom. The van der Waals surface area contributed by atoms with Crippen LogP contribution >= 0.6 is 0 Å². The topological polar surface area (TPSA) is 0 Å². The second-order valence-electron chi connectivity index (χ2n) is 3.50. The third kappa shape index (κ3) is 4.43. The number of hydrogen-bond donors (Lipinski definition) is 0. The van der Waals surface area contributed by atoms with Gasteiger partial charge in [0.25, 0.3) is 0 Å². The van der Waals surface area contributed by atoms with E-state index in [4.69, 9.17) is 0 Å². The molecule has 9 heavy (non-hydrogen) atoms. The molecule has 0 spiro atoms. The zero-order chi connectivity index (χ0) is 7.49. The quantitative estimate of drug-likeness (QED) is 0.553.